The van der Waals surface area contributed by atoms with Gasteiger partial charge in [0.05, 0.1) is 22.9 Å². The van der Waals surface area contributed by atoms with Crippen LogP contribution in [0.3, 0.4) is 0 Å². The van der Waals surface area contributed by atoms with Gasteiger partial charge in [-0.1, -0.05) is 42.1 Å². The Kier molecular flexibility index (Phi) is 8.72. The molecule has 10 nitrogen and oxygen atoms in total. The number of aromatic nitrogens is 3. The molecule has 1 amide bonds. The first-order chi connectivity index (χ1) is 19.0. The first-order valence-electron chi connectivity index (χ1n) is 12.2. The summed E-state index contributed by atoms with van der Waals surface area (Å²) in [6, 6.07) is 20.5. The number of carbonyl (C=O) groups excluding carboxylic acids is 2. The predicted octanol–water partition coefficient (Wildman–Crippen LogP) is 4.52. The number of hydrogen-bond acceptors (Lipinski definition) is 8. The summed E-state index contributed by atoms with van der Waals surface area (Å²) < 4.78 is 33.9. The van der Waals surface area contributed by atoms with Gasteiger partial charge in [-0.25, -0.2) is 12.7 Å². The summed E-state index contributed by atoms with van der Waals surface area (Å²) in [5, 5.41) is 11.4. The zero-order chi connectivity index (χ0) is 29.0. The number of ketones is 1. The highest BCUT2D eigenvalue weighted by molar-refractivity contribution is 8.00. The van der Waals surface area contributed by atoms with E-state index in [2.05, 4.69) is 15.5 Å². The molecular weight excluding hydrogens is 550 g/mol. The minimum absolute atomic E-state index is 0.0973. The van der Waals surface area contributed by atoms with Gasteiger partial charge in [-0.3, -0.25) is 14.2 Å². The van der Waals surface area contributed by atoms with Crippen molar-refractivity contribution in [3.05, 3.63) is 78.4 Å². The van der Waals surface area contributed by atoms with Crippen molar-refractivity contribution in [2.75, 3.05) is 26.5 Å². The molecule has 1 heterocycles. The summed E-state index contributed by atoms with van der Waals surface area (Å²) >= 11 is 1.19. The van der Waals surface area contributed by atoms with E-state index in [1.54, 1.807) is 73.2 Å². The zero-order valence-corrected chi connectivity index (χ0v) is 24.3. The van der Waals surface area contributed by atoms with E-state index in [1.165, 1.54) is 38.8 Å². The average molecular weight is 580 g/mol. The van der Waals surface area contributed by atoms with Crippen LogP contribution in [0.2, 0.25) is 0 Å². The molecule has 0 radical (unpaired) electrons. The Morgan fingerprint density at radius 3 is 2.42 bits per heavy atom. The van der Waals surface area contributed by atoms with Crippen LogP contribution in [0, 0.1) is 0 Å². The summed E-state index contributed by atoms with van der Waals surface area (Å²) in [6.45, 7) is 3.21. The van der Waals surface area contributed by atoms with Gasteiger partial charge >= 0.3 is 0 Å². The van der Waals surface area contributed by atoms with E-state index in [0.717, 1.165) is 4.31 Å². The van der Waals surface area contributed by atoms with E-state index < -0.39 is 15.3 Å². The monoisotopic (exact) mass is 579 g/mol. The summed E-state index contributed by atoms with van der Waals surface area (Å²) in [4.78, 5) is 24.9. The molecule has 1 atom stereocenters. The molecule has 0 aliphatic carbocycles. The van der Waals surface area contributed by atoms with E-state index in [1.807, 2.05) is 12.1 Å². The minimum Gasteiger partial charge on any atom is -0.497 e. The van der Waals surface area contributed by atoms with Crippen molar-refractivity contribution < 1.29 is 22.7 Å². The Bertz CT molecular complexity index is 1670. The third-order valence-electron chi connectivity index (χ3n) is 6.00. The lowest BCUT2D eigenvalue weighted by Gasteiger charge is -2.15. The van der Waals surface area contributed by atoms with Crippen LogP contribution >= 0.6 is 11.8 Å². The number of ether oxygens (including phenoxy) is 1. The number of carbonyl (C=O) groups is 2. The summed E-state index contributed by atoms with van der Waals surface area (Å²) in [5.74, 6) is 0.618. The molecule has 1 unspecified atom stereocenters. The van der Waals surface area contributed by atoms with Crippen molar-refractivity contribution in [3.8, 4) is 22.8 Å². The van der Waals surface area contributed by atoms with Crippen LogP contribution in [0.4, 0.5) is 5.69 Å². The fourth-order valence-corrected chi connectivity index (χ4v) is 5.61. The van der Waals surface area contributed by atoms with Crippen LogP contribution in [0.5, 0.6) is 5.75 Å². The molecule has 40 heavy (non-hydrogen) atoms. The number of rotatable bonds is 10. The van der Waals surface area contributed by atoms with Crippen molar-refractivity contribution in [3.63, 3.8) is 0 Å². The van der Waals surface area contributed by atoms with Crippen LogP contribution in [-0.2, 0) is 14.8 Å². The standard InChI is InChI=1S/C28H29N5O5S2/c1-18(34)20-9-6-11-22(15-20)29-27(35)19(2)39-28-31-30-26(33(28)23-12-8-13-24(17-23)38-5)21-10-7-14-25(16-21)40(36,37)32(3)4/h6-17,19H,1-5H3,(H,29,35). The fourth-order valence-electron chi connectivity index (χ4n) is 3.79. The van der Waals surface area contributed by atoms with E-state index >= 15 is 0 Å². The number of amides is 1. The van der Waals surface area contributed by atoms with Crippen molar-refractivity contribution >= 4 is 39.2 Å². The first-order valence-corrected chi connectivity index (χ1v) is 14.5. The molecule has 3 aromatic carbocycles. The Balaban J connectivity index is 1.72. The van der Waals surface area contributed by atoms with Gasteiger partial charge in [-0.2, -0.15) is 0 Å². The Hall–Kier alpha value is -4.00. The second-order valence-electron chi connectivity index (χ2n) is 9.04. The highest BCUT2D eigenvalue weighted by Gasteiger charge is 2.24. The largest absolute Gasteiger partial charge is 0.497 e. The van der Waals surface area contributed by atoms with Crippen LogP contribution in [0.1, 0.15) is 24.2 Å². The molecule has 0 saturated carbocycles. The number of nitrogens with one attached hydrogen (secondary N) is 1. The maximum atomic E-state index is 13.1. The van der Waals surface area contributed by atoms with Gasteiger partial charge < -0.3 is 10.1 Å². The Morgan fingerprint density at radius 2 is 1.73 bits per heavy atom. The normalized spacial score (nSPS) is 12.2. The van der Waals surface area contributed by atoms with E-state index in [9.17, 15) is 18.0 Å². The summed E-state index contributed by atoms with van der Waals surface area (Å²) in [6.07, 6.45) is 0. The smallest absolute Gasteiger partial charge is 0.242 e. The van der Waals surface area contributed by atoms with Gasteiger partial charge in [0.2, 0.25) is 15.9 Å². The second kappa shape index (κ2) is 12.0. The van der Waals surface area contributed by atoms with Crippen LogP contribution < -0.4 is 10.1 Å². The predicted molar refractivity (Wildman–Crippen MR) is 155 cm³/mol. The molecule has 0 aliphatic rings. The highest BCUT2D eigenvalue weighted by Crippen LogP contribution is 2.32. The maximum absolute atomic E-state index is 13.1. The zero-order valence-electron chi connectivity index (χ0n) is 22.7. The lowest BCUT2D eigenvalue weighted by molar-refractivity contribution is -0.115. The average Bonchev–Trinajstić information content (AvgIpc) is 3.36. The third kappa shape index (κ3) is 6.24. The third-order valence-corrected chi connectivity index (χ3v) is 8.86. The number of anilines is 1. The number of thioether (sulfide) groups is 1. The van der Waals surface area contributed by atoms with Crippen molar-refractivity contribution in [2.45, 2.75) is 29.1 Å². The van der Waals surface area contributed by atoms with Gasteiger partial charge in [0, 0.05) is 37.0 Å². The highest BCUT2D eigenvalue weighted by atomic mass is 32.2. The minimum atomic E-state index is -3.68. The van der Waals surface area contributed by atoms with Gasteiger partial charge in [0.25, 0.3) is 0 Å². The van der Waals surface area contributed by atoms with Gasteiger partial charge in [-0.15, -0.1) is 10.2 Å². The Labute approximate surface area is 237 Å². The molecule has 0 spiro atoms. The SMILES string of the molecule is COc1cccc(-n2c(SC(C)C(=O)Nc3cccc(C(C)=O)c3)nnc2-c2cccc(S(=O)(=O)N(C)C)c2)c1. The molecule has 4 rings (SSSR count). The van der Waals surface area contributed by atoms with Gasteiger partial charge in [-0.05, 0) is 50.2 Å². The summed E-state index contributed by atoms with van der Waals surface area (Å²) in [5.41, 5.74) is 2.21. The number of sulfonamides is 1. The number of Topliss-reactive ketones (excluding diaryl/α,β-unsaturated/α-hetero) is 1. The topological polar surface area (TPSA) is 123 Å². The quantitative estimate of drug-likeness (QED) is 0.215. The van der Waals surface area contributed by atoms with Crippen molar-refractivity contribution in [1.82, 2.24) is 19.1 Å². The van der Waals surface area contributed by atoms with Crippen LogP contribution in [-0.4, -0.2) is 65.6 Å². The molecular formula is C28H29N5O5S2. The molecule has 4 aromatic rings. The van der Waals surface area contributed by atoms with E-state index in [0.29, 0.717) is 39.2 Å². The molecule has 12 heteroatoms. The van der Waals surface area contributed by atoms with E-state index in [4.69, 9.17) is 4.74 Å². The molecule has 0 aliphatic heterocycles. The molecule has 0 saturated heterocycles. The van der Waals surface area contributed by atoms with Gasteiger partial charge in [0.1, 0.15) is 5.75 Å². The van der Waals surface area contributed by atoms with E-state index in [-0.39, 0.29) is 16.6 Å². The van der Waals surface area contributed by atoms with Gasteiger partial charge in [0.15, 0.2) is 16.8 Å². The number of benzene rings is 3. The maximum Gasteiger partial charge on any atom is 0.242 e. The number of hydrogen-bond donors (Lipinski definition) is 1. The number of nitrogens with zero attached hydrogens (tertiary/aromatic N) is 4. The van der Waals surface area contributed by atoms with Crippen molar-refractivity contribution in [1.29, 1.82) is 0 Å². The molecule has 1 aromatic heterocycles. The molecule has 208 valence electrons. The lowest BCUT2D eigenvalue weighted by Crippen LogP contribution is -2.23. The molecule has 0 bridgehead atoms. The Morgan fingerprint density at radius 1 is 1.00 bits per heavy atom. The second-order valence-corrected chi connectivity index (χ2v) is 12.5. The number of methoxy groups -OCH3 is 1. The van der Waals surface area contributed by atoms with Crippen LogP contribution in [0.15, 0.2) is 82.8 Å². The van der Waals surface area contributed by atoms with Crippen LogP contribution in [0.25, 0.3) is 17.1 Å². The summed E-state index contributed by atoms with van der Waals surface area (Å²) in [7, 11) is 0.821. The molecule has 0 fully saturated rings. The lowest BCUT2D eigenvalue weighted by atomic mass is 10.1. The first kappa shape index (κ1) is 29.0. The van der Waals surface area contributed by atoms with Crippen molar-refractivity contribution in [2.24, 2.45) is 0 Å². The molecule has 1 N–H and O–H groups in total. The fraction of sp³-hybridized carbons (Fsp3) is 0.214.